The number of benzene rings is 1. The van der Waals surface area contributed by atoms with Crippen LogP contribution in [0.2, 0.25) is 18.1 Å². The summed E-state index contributed by atoms with van der Waals surface area (Å²) >= 11 is 0. The molecule has 1 aromatic rings. The van der Waals surface area contributed by atoms with Crippen LogP contribution in [0.25, 0.3) is 0 Å². The first-order chi connectivity index (χ1) is 13.0. The number of hydrogen-bond acceptors (Lipinski definition) is 5. The van der Waals surface area contributed by atoms with Crippen molar-refractivity contribution in [2.24, 2.45) is 0 Å². The molecule has 0 aromatic heterocycles. The Balaban J connectivity index is 1.94. The Morgan fingerprint density at radius 1 is 1.11 bits per heavy atom. The normalized spacial score (nSPS) is 18.5. The molecule has 0 saturated heterocycles. The minimum Gasteiger partial charge on any atom is -0.429 e. The Kier molecular flexibility index (Phi) is 7.85. The van der Waals surface area contributed by atoms with E-state index < -0.39 is 20.2 Å². The van der Waals surface area contributed by atoms with E-state index in [1.54, 1.807) is 12.1 Å². The molecule has 0 bridgehead atoms. The lowest BCUT2D eigenvalue weighted by Gasteiger charge is -2.38. The van der Waals surface area contributed by atoms with Crippen molar-refractivity contribution in [2.45, 2.75) is 82.9 Å². The van der Waals surface area contributed by atoms with Gasteiger partial charge >= 0.3 is 5.97 Å². The van der Waals surface area contributed by atoms with Crippen LogP contribution in [0.1, 0.15) is 63.2 Å². The molecular formula is C22H36O5Si. The molecule has 0 unspecified atom stereocenters. The lowest BCUT2D eigenvalue weighted by atomic mass is 9.94. The number of carbonyl (C=O) groups is 1. The second-order valence-electron chi connectivity index (χ2n) is 9.26. The van der Waals surface area contributed by atoms with E-state index in [1.165, 1.54) is 0 Å². The highest BCUT2D eigenvalue weighted by molar-refractivity contribution is 6.74. The van der Waals surface area contributed by atoms with Crippen molar-refractivity contribution in [2.75, 3.05) is 13.2 Å². The van der Waals surface area contributed by atoms with Crippen molar-refractivity contribution < 1.29 is 23.8 Å². The number of hydrogen-bond donors (Lipinski definition) is 1. The maximum absolute atomic E-state index is 12.5. The van der Waals surface area contributed by atoms with Gasteiger partial charge in [-0.3, -0.25) is 0 Å². The summed E-state index contributed by atoms with van der Waals surface area (Å²) in [6.07, 6.45) is 3.55. The molecule has 1 N–H and O–H groups in total. The molecule has 0 aliphatic heterocycles. The number of esters is 1. The van der Waals surface area contributed by atoms with E-state index in [1.807, 2.05) is 18.2 Å². The SMILES string of the molecule is CC(C)(C)[Si](C)(C)OC[C@H](O)COC1(OC(=O)c2ccccc2)CCCCC1. The van der Waals surface area contributed by atoms with E-state index in [9.17, 15) is 9.90 Å². The first-order valence-electron chi connectivity index (χ1n) is 10.3. The molecule has 0 heterocycles. The minimum absolute atomic E-state index is 0.0867. The Bertz CT molecular complexity index is 618. The van der Waals surface area contributed by atoms with Crippen LogP contribution in [-0.4, -0.2) is 44.5 Å². The van der Waals surface area contributed by atoms with Crippen LogP contribution in [0.4, 0.5) is 0 Å². The molecule has 158 valence electrons. The van der Waals surface area contributed by atoms with Gasteiger partial charge in [0.1, 0.15) is 0 Å². The topological polar surface area (TPSA) is 65.0 Å². The van der Waals surface area contributed by atoms with Crippen molar-refractivity contribution in [3.8, 4) is 0 Å². The van der Waals surface area contributed by atoms with Gasteiger partial charge in [-0.1, -0.05) is 45.4 Å². The summed E-state index contributed by atoms with van der Waals surface area (Å²) < 4.78 is 17.9. The second kappa shape index (κ2) is 9.52. The third-order valence-electron chi connectivity index (χ3n) is 5.89. The molecule has 0 radical (unpaired) electrons. The predicted octanol–water partition coefficient (Wildman–Crippen LogP) is 4.90. The van der Waals surface area contributed by atoms with Crippen molar-refractivity contribution in [3.05, 3.63) is 35.9 Å². The van der Waals surface area contributed by atoms with Gasteiger partial charge in [0.15, 0.2) is 8.32 Å². The second-order valence-corrected chi connectivity index (χ2v) is 14.1. The molecule has 1 aromatic carbocycles. The maximum atomic E-state index is 12.5. The zero-order valence-electron chi connectivity index (χ0n) is 18.0. The molecule has 1 aliphatic rings. The molecular weight excluding hydrogens is 372 g/mol. The first kappa shape index (κ1) is 23.1. The van der Waals surface area contributed by atoms with E-state index in [0.29, 0.717) is 18.4 Å². The minimum atomic E-state index is -1.93. The van der Waals surface area contributed by atoms with Gasteiger partial charge < -0.3 is 19.0 Å². The predicted molar refractivity (Wildman–Crippen MR) is 113 cm³/mol. The van der Waals surface area contributed by atoms with Crippen LogP contribution < -0.4 is 0 Å². The highest BCUT2D eigenvalue weighted by Gasteiger charge is 2.39. The van der Waals surface area contributed by atoms with Crippen molar-refractivity contribution in [1.82, 2.24) is 0 Å². The molecule has 0 amide bonds. The summed E-state index contributed by atoms with van der Waals surface area (Å²) in [4.78, 5) is 12.5. The molecule has 1 aliphatic carbocycles. The molecule has 1 saturated carbocycles. The van der Waals surface area contributed by atoms with Gasteiger partial charge in [-0.25, -0.2) is 4.79 Å². The average Bonchev–Trinajstić information content (AvgIpc) is 2.65. The summed E-state index contributed by atoms with van der Waals surface area (Å²) in [7, 11) is -1.93. The van der Waals surface area contributed by atoms with Crippen molar-refractivity contribution in [3.63, 3.8) is 0 Å². The lowest BCUT2D eigenvalue weighted by Crippen LogP contribution is -2.45. The summed E-state index contributed by atoms with van der Waals surface area (Å²) in [5.41, 5.74) is 0.512. The van der Waals surface area contributed by atoms with Gasteiger partial charge in [0, 0.05) is 12.8 Å². The zero-order valence-corrected chi connectivity index (χ0v) is 19.0. The van der Waals surface area contributed by atoms with E-state index in [-0.39, 0.29) is 24.2 Å². The number of aliphatic hydroxyl groups is 1. The molecule has 5 nitrogen and oxygen atoms in total. The third kappa shape index (κ3) is 6.41. The van der Waals surface area contributed by atoms with Crippen LogP contribution >= 0.6 is 0 Å². The van der Waals surface area contributed by atoms with Gasteiger partial charge in [-0.15, -0.1) is 0 Å². The molecule has 6 heteroatoms. The summed E-state index contributed by atoms with van der Waals surface area (Å²) in [5, 5.41) is 10.5. The lowest BCUT2D eigenvalue weighted by molar-refractivity contribution is -0.231. The Hall–Kier alpha value is -1.21. The van der Waals surface area contributed by atoms with Crippen LogP contribution in [0.3, 0.4) is 0 Å². The maximum Gasteiger partial charge on any atom is 0.340 e. The van der Waals surface area contributed by atoms with E-state index in [4.69, 9.17) is 13.9 Å². The molecule has 0 spiro atoms. The number of aliphatic hydroxyl groups excluding tert-OH is 1. The average molecular weight is 409 g/mol. The number of ether oxygens (including phenoxy) is 2. The summed E-state index contributed by atoms with van der Waals surface area (Å²) in [6.45, 7) is 11.2. The largest absolute Gasteiger partial charge is 0.429 e. The Morgan fingerprint density at radius 2 is 1.71 bits per heavy atom. The molecule has 1 atom stereocenters. The standard InChI is InChI=1S/C22H36O5Si/c1-21(2,3)28(4,5)26-17-19(23)16-25-22(14-10-7-11-15-22)27-20(24)18-12-8-6-9-13-18/h6,8-9,12-13,19,23H,7,10-11,14-17H2,1-5H3/t19-/m1/s1. The first-order valence-corrected chi connectivity index (χ1v) is 13.2. The van der Waals surface area contributed by atoms with Crippen LogP contribution in [0.15, 0.2) is 30.3 Å². The Morgan fingerprint density at radius 3 is 2.29 bits per heavy atom. The highest BCUT2D eigenvalue weighted by atomic mass is 28.4. The fraction of sp³-hybridized carbons (Fsp3) is 0.682. The highest BCUT2D eigenvalue weighted by Crippen LogP contribution is 2.37. The summed E-state index contributed by atoms with van der Waals surface area (Å²) in [6, 6.07) is 8.96. The fourth-order valence-electron chi connectivity index (χ4n) is 2.99. The monoisotopic (exact) mass is 408 g/mol. The van der Waals surface area contributed by atoms with Crippen molar-refractivity contribution >= 4 is 14.3 Å². The molecule has 28 heavy (non-hydrogen) atoms. The fourth-order valence-corrected chi connectivity index (χ4v) is 4.03. The van der Waals surface area contributed by atoms with Gasteiger partial charge in [-0.2, -0.15) is 0 Å². The quantitative estimate of drug-likeness (QED) is 0.376. The zero-order chi connectivity index (χ0) is 20.8. The van der Waals surface area contributed by atoms with Gasteiger partial charge in [0.2, 0.25) is 5.79 Å². The Labute approximate surface area is 170 Å². The van der Waals surface area contributed by atoms with Gasteiger partial charge in [-0.05, 0) is 43.1 Å². The van der Waals surface area contributed by atoms with Crippen LogP contribution in [-0.2, 0) is 13.9 Å². The summed E-state index contributed by atoms with van der Waals surface area (Å²) in [5.74, 6) is -1.34. The van der Waals surface area contributed by atoms with E-state index >= 15 is 0 Å². The third-order valence-corrected chi connectivity index (χ3v) is 10.4. The van der Waals surface area contributed by atoms with Gasteiger partial charge in [0.25, 0.3) is 0 Å². The van der Waals surface area contributed by atoms with Gasteiger partial charge in [0.05, 0.1) is 24.9 Å². The smallest absolute Gasteiger partial charge is 0.340 e. The van der Waals surface area contributed by atoms with Crippen molar-refractivity contribution in [1.29, 1.82) is 0 Å². The molecule has 2 rings (SSSR count). The van der Waals surface area contributed by atoms with Crippen LogP contribution in [0.5, 0.6) is 0 Å². The van der Waals surface area contributed by atoms with E-state index in [0.717, 1.165) is 19.3 Å². The number of carbonyl (C=O) groups excluding carboxylic acids is 1. The van der Waals surface area contributed by atoms with E-state index in [2.05, 4.69) is 33.9 Å². The molecule has 1 fully saturated rings. The number of rotatable bonds is 8. The van der Waals surface area contributed by atoms with Crippen LogP contribution in [0, 0.1) is 0 Å².